The van der Waals surface area contributed by atoms with Crippen LogP contribution in [0.25, 0.3) is 0 Å². The van der Waals surface area contributed by atoms with Crippen LogP contribution in [0.4, 0.5) is 0 Å². The molecule has 29 heavy (non-hydrogen) atoms. The molecule has 7 heteroatoms. The minimum Gasteiger partial charge on any atom is -0.356 e. The number of nitrogens with zero attached hydrogens (tertiary/aromatic N) is 4. The third-order valence-corrected chi connectivity index (χ3v) is 5.42. The number of benzene rings is 1. The van der Waals surface area contributed by atoms with Crippen LogP contribution in [0.1, 0.15) is 37.3 Å². The van der Waals surface area contributed by atoms with E-state index >= 15 is 0 Å². The highest BCUT2D eigenvalue weighted by molar-refractivity contribution is 14.0. The van der Waals surface area contributed by atoms with E-state index in [2.05, 4.69) is 61.3 Å². The number of nitrogens with one attached hydrogen (secondary N) is 2. The van der Waals surface area contributed by atoms with Crippen LogP contribution in [0, 0.1) is 5.92 Å². The number of likely N-dealkylation sites (tertiary alicyclic amines) is 1. The second-order valence-electron chi connectivity index (χ2n) is 7.79. The average Bonchev–Trinajstić information content (AvgIpc) is 3.22. The summed E-state index contributed by atoms with van der Waals surface area (Å²) in [6.45, 7) is 8.60. The van der Waals surface area contributed by atoms with Gasteiger partial charge in [-0.15, -0.1) is 24.0 Å². The van der Waals surface area contributed by atoms with Gasteiger partial charge in [-0.2, -0.15) is 0 Å². The van der Waals surface area contributed by atoms with Crippen molar-refractivity contribution in [3.8, 4) is 0 Å². The first-order chi connectivity index (χ1) is 13.7. The molecule has 2 aromatic rings. The molecule has 1 aromatic carbocycles. The second-order valence-corrected chi connectivity index (χ2v) is 7.79. The molecule has 0 aliphatic carbocycles. The molecule has 160 valence electrons. The van der Waals surface area contributed by atoms with E-state index in [0.29, 0.717) is 0 Å². The lowest BCUT2D eigenvalue weighted by atomic mass is 9.99. The second kappa shape index (κ2) is 12.8. The minimum atomic E-state index is 0. The third kappa shape index (κ3) is 8.34. The summed E-state index contributed by atoms with van der Waals surface area (Å²) in [5, 5.41) is 6.86. The summed E-state index contributed by atoms with van der Waals surface area (Å²) < 4.78 is 2.08. The van der Waals surface area contributed by atoms with Crippen LogP contribution in [-0.4, -0.2) is 53.6 Å². The van der Waals surface area contributed by atoms with E-state index in [-0.39, 0.29) is 24.0 Å². The van der Waals surface area contributed by atoms with Gasteiger partial charge in [-0.05, 0) is 55.9 Å². The van der Waals surface area contributed by atoms with Crippen LogP contribution < -0.4 is 10.6 Å². The maximum Gasteiger partial charge on any atom is 0.191 e. The van der Waals surface area contributed by atoms with Crippen molar-refractivity contribution in [2.45, 2.75) is 39.3 Å². The molecule has 6 nitrogen and oxygen atoms in total. The Kier molecular flexibility index (Phi) is 10.5. The van der Waals surface area contributed by atoms with Crippen LogP contribution in [0.5, 0.6) is 0 Å². The van der Waals surface area contributed by atoms with E-state index in [1.54, 1.807) is 0 Å². The van der Waals surface area contributed by atoms with Gasteiger partial charge >= 0.3 is 0 Å². The van der Waals surface area contributed by atoms with E-state index in [4.69, 9.17) is 0 Å². The SMILES string of the molecule is CN=C(NCCCN1CCC(C)CC1)NCc1cccc(Cn2ccnc2)c1.I. The molecule has 1 aliphatic rings. The fourth-order valence-electron chi connectivity index (χ4n) is 3.63. The number of rotatable bonds is 8. The number of hydrogen-bond acceptors (Lipinski definition) is 3. The van der Waals surface area contributed by atoms with E-state index in [0.717, 1.165) is 37.9 Å². The maximum absolute atomic E-state index is 4.35. The van der Waals surface area contributed by atoms with Crippen molar-refractivity contribution in [3.63, 3.8) is 0 Å². The molecule has 1 aromatic heterocycles. The molecule has 0 saturated carbocycles. The molecule has 1 aliphatic heterocycles. The first-order valence-electron chi connectivity index (χ1n) is 10.4. The Hall–Kier alpha value is -1.61. The number of aliphatic imine (C=N–C) groups is 1. The van der Waals surface area contributed by atoms with Crippen molar-refractivity contribution in [2.24, 2.45) is 10.9 Å². The molecule has 0 amide bonds. The lowest BCUT2D eigenvalue weighted by molar-refractivity contribution is 0.191. The van der Waals surface area contributed by atoms with Crippen molar-refractivity contribution < 1.29 is 0 Å². The Morgan fingerprint density at radius 3 is 2.72 bits per heavy atom. The molecule has 0 bridgehead atoms. The monoisotopic (exact) mass is 510 g/mol. The standard InChI is InChI=1S/C22H34N6.HI/c1-19-7-12-27(13-8-19)11-4-9-25-22(23-2)26-16-20-5-3-6-21(15-20)17-28-14-10-24-18-28;/h3,5-6,10,14-15,18-19H,4,7-9,11-13,16-17H2,1-2H3,(H2,23,25,26);1H. The molecule has 0 radical (unpaired) electrons. The Morgan fingerprint density at radius 1 is 1.21 bits per heavy atom. The zero-order valence-electron chi connectivity index (χ0n) is 17.7. The lowest BCUT2D eigenvalue weighted by Gasteiger charge is -2.30. The normalized spacial score (nSPS) is 15.7. The Morgan fingerprint density at radius 2 is 2.00 bits per heavy atom. The molecular formula is C22H35IN6. The molecule has 0 atom stereocenters. The first-order valence-corrected chi connectivity index (χ1v) is 10.4. The van der Waals surface area contributed by atoms with Gasteiger partial charge in [0.05, 0.1) is 6.33 Å². The first kappa shape index (κ1) is 23.7. The summed E-state index contributed by atoms with van der Waals surface area (Å²) in [7, 11) is 1.83. The molecule has 1 fully saturated rings. The van der Waals surface area contributed by atoms with Crippen LogP contribution in [0.2, 0.25) is 0 Å². The van der Waals surface area contributed by atoms with Gasteiger partial charge in [0.25, 0.3) is 0 Å². The number of hydrogen-bond donors (Lipinski definition) is 2. The summed E-state index contributed by atoms with van der Waals surface area (Å²) in [5.41, 5.74) is 2.53. The molecule has 1 saturated heterocycles. The maximum atomic E-state index is 4.35. The number of halogens is 1. The van der Waals surface area contributed by atoms with Gasteiger partial charge < -0.3 is 20.1 Å². The van der Waals surface area contributed by atoms with Crippen molar-refractivity contribution in [2.75, 3.05) is 33.2 Å². The molecule has 0 unspecified atom stereocenters. The van der Waals surface area contributed by atoms with Crippen molar-refractivity contribution in [1.82, 2.24) is 25.1 Å². The summed E-state index contributed by atoms with van der Waals surface area (Å²) >= 11 is 0. The summed E-state index contributed by atoms with van der Waals surface area (Å²) in [4.78, 5) is 11.0. The molecule has 2 N–H and O–H groups in total. The number of guanidine groups is 1. The highest BCUT2D eigenvalue weighted by Gasteiger charge is 2.14. The lowest BCUT2D eigenvalue weighted by Crippen LogP contribution is -2.39. The quantitative estimate of drug-likeness (QED) is 0.248. The van der Waals surface area contributed by atoms with Crippen LogP contribution in [0.15, 0.2) is 48.0 Å². The molecule has 3 rings (SSSR count). The van der Waals surface area contributed by atoms with Crippen LogP contribution >= 0.6 is 24.0 Å². The highest BCUT2D eigenvalue weighted by atomic mass is 127. The predicted molar refractivity (Wildman–Crippen MR) is 131 cm³/mol. The van der Waals surface area contributed by atoms with Gasteiger partial charge in [0, 0.05) is 39.1 Å². The molecule has 0 spiro atoms. The summed E-state index contributed by atoms with van der Waals surface area (Å²) in [6, 6.07) is 8.64. The van der Waals surface area contributed by atoms with Crippen LogP contribution in [-0.2, 0) is 13.1 Å². The largest absolute Gasteiger partial charge is 0.356 e. The van der Waals surface area contributed by atoms with Crippen molar-refractivity contribution >= 4 is 29.9 Å². The van der Waals surface area contributed by atoms with E-state index in [1.807, 2.05) is 25.8 Å². The third-order valence-electron chi connectivity index (χ3n) is 5.42. The van der Waals surface area contributed by atoms with Gasteiger partial charge in [0.1, 0.15) is 0 Å². The predicted octanol–water partition coefficient (Wildman–Crippen LogP) is 3.34. The van der Waals surface area contributed by atoms with Gasteiger partial charge in [-0.3, -0.25) is 4.99 Å². The average molecular weight is 510 g/mol. The van der Waals surface area contributed by atoms with E-state index in [9.17, 15) is 0 Å². The van der Waals surface area contributed by atoms with Crippen LogP contribution in [0.3, 0.4) is 0 Å². The molecule has 2 heterocycles. The fourth-order valence-corrected chi connectivity index (χ4v) is 3.63. The topological polar surface area (TPSA) is 57.5 Å². The Labute approximate surface area is 192 Å². The zero-order valence-corrected chi connectivity index (χ0v) is 20.0. The molecular weight excluding hydrogens is 475 g/mol. The van der Waals surface area contributed by atoms with Crippen molar-refractivity contribution in [3.05, 3.63) is 54.1 Å². The van der Waals surface area contributed by atoms with E-state index in [1.165, 1.54) is 43.6 Å². The highest BCUT2D eigenvalue weighted by Crippen LogP contribution is 2.15. The summed E-state index contributed by atoms with van der Waals surface area (Å²) in [5.74, 6) is 1.77. The Balaban J connectivity index is 0.00000300. The Bertz CT molecular complexity index is 723. The van der Waals surface area contributed by atoms with Gasteiger partial charge in [0.15, 0.2) is 5.96 Å². The van der Waals surface area contributed by atoms with Gasteiger partial charge in [-0.25, -0.2) is 4.98 Å². The van der Waals surface area contributed by atoms with Gasteiger partial charge in [-0.1, -0.05) is 31.2 Å². The zero-order chi connectivity index (χ0) is 19.6. The van der Waals surface area contributed by atoms with E-state index < -0.39 is 0 Å². The minimum absolute atomic E-state index is 0. The number of piperidine rings is 1. The van der Waals surface area contributed by atoms with Crippen molar-refractivity contribution in [1.29, 1.82) is 0 Å². The van der Waals surface area contributed by atoms with Gasteiger partial charge in [0.2, 0.25) is 0 Å². The smallest absolute Gasteiger partial charge is 0.191 e. The number of aromatic nitrogens is 2. The number of imidazole rings is 1. The fraction of sp³-hybridized carbons (Fsp3) is 0.545. The summed E-state index contributed by atoms with van der Waals surface area (Å²) in [6.07, 6.45) is 9.48.